The van der Waals surface area contributed by atoms with E-state index in [9.17, 15) is 4.39 Å². The highest BCUT2D eigenvalue weighted by atomic mass is 35.5. The Bertz CT molecular complexity index is 733. The number of pyridine rings is 1. The Balaban J connectivity index is 1.91. The van der Waals surface area contributed by atoms with Crippen LogP contribution in [0.4, 0.5) is 10.1 Å². The first-order valence-corrected chi connectivity index (χ1v) is 6.63. The Morgan fingerprint density at radius 3 is 2.80 bits per heavy atom. The van der Waals surface area contributed by atoms with Crippen molar-refractivity contribution in [3.05, 3.63) is 71.3 Å². The van der Waals surface area contributed by atoms with Crippen LogP contribution < -0.4 is 5.32 Å². The van der Waals surface area contributed by atoms with Crippen LogP contribution in [-0.2, 0) is 6.54 Å². The standard InChI is InChI=1S/C16H12ClFN2/c17-14-4-2-5-15(18)13(14)10-20-16-6-1-3-11-9-19-8-7-12(11)16/h1-9,20H,10H2. The van der Waals surface area contributed by atoms with E-state index in [1.165, 1.54) is 6.07 Å². The van der Waals surface area contributed by atoms with Crippen molar-refractivity contribution in [2.45, 2.75) is 6.54 Å². The van der Waals surface area contributed by atoms with Crippen LogP contribution in [-0.4, -0.2) is 4.98 Å². The van der Waals surface area contributed by atoms with Crippen molar-refractivity contribution in [3.8, 4) is 0 Å². The van der Waals surface area contributed by atoms with Crippen molar-refractivity contribution >= 4 is 28.1 Å². The topological polar surface area (TPSA) is 24.9 Å². The third-order valence-electron chi connectivity index (χ3n) is 3.20. The lowest BCUT2D eigenvalue weighted by Crippen LogP contribution is -2.03. The van der Waals surface area contributed by atoms with E-state index in [0.29, 0.717) is 17.1 Å². The summed E-state index contributed by atoms with van der Waals surface area (Å²) in [7, 11) is 0. The number of benzene rings is 2. The predicted molar refractivity (Wildman–Crippen MR) is 80.5 cm³/mol. The molecule has 0 radical (unpaired) electrons. The molecular weight excluding hydrogens is 275 g/mol. The lowest BCUT2D eigenvalue weighted by atomic mass is 10.1. The van der Waals surface area contributed by atoms with Gasteiger partial charge in [-0.15, -0.1) is 0 Å². The van der Waals surface area contributed by atoms with E-state index in [-0.39, 0.29) is 5.82 Å². The van der Waals surface area contributed by atoms with E-state index in [1.807, 2.05) is 24.3 Å². The van der Waals surface area contributed by atoms with Crippen LogP contribution >= 0.6 is 11.6 Å². The maximum absolute atomic E-state index is 13.7. The zero-order valence-electron chi connectivity index (χ0n) is 10.6. The van der Waals surface area contributed by atoms with Crippen molar-refractivity contribution in [1.82, 2.24) is 4.98 Å². The molecule has 0 saturated heterocycles. The Labute approximate surface area is 121 Å². The normalized spacial score (nSPS) is 10.7. The molecule has 3 aromatic rings. The van der Waals surface area contributed by atoms with Crippen molar-refractivity contribution < 1.29 is 4.39 Å². The first kappa shape index (κ1) is 12.9. The monoisotopic (exact) mass is 286 g/mol. The summed E-state index contributed by atoms with van der Waals surface area (Å²) in [5.74, 6) is -0.299. The summed E-state index contributed by atoms with van der Waals surface area (Å²) in [6.45, 7) is 0.340. The molecule has 0 spiro atoms. The number of hydrogen-bond donors (Lipinski definition) is 1. The van der Waals surface area contributed by atoms with Gasteiger partial charge in [0.15, 0.2) is 0 Å². The fraction of sp³-hybridized carbons (Fsp3) is 0.0625. The van der Waals surface area contributed by atoms with Gasteiger partial charge >= 0.3 is 0 Å². The molecule has 20 heavy (non-hydrogen) atoms. The van der Waals surface area contributed by atoms with Crippen molar-refractivity contribution in [3.63, 3.8) is 0 Å². The fourth-order valence-electron chi connectivity index (χ4n) is 2.16. The van der Waals surface area contributed by atoms with E-state index in [4.69, 9.17) is 11.6 Å². The predicted octanol–water partition coefficient (Wildman–Crippen LogP) is 4.64. The molecule has 0 amide bonds. The summed E-state index contributed by atoms with van der Waals surface area (Å²) < 4.78 is 13.7. The summed E-state index contributed by atoms with van der Waals surface area (Å²) in [5.41, 5.74) is 1.41. The maximum atomic E-state index is 13.7. The molecule has 4 heteroatoms. The second kappa shape index (κ2) is 5.47. The van der Waals surface area contributed by atoms with Gasteiger partial charge < -0.3 is 5.32 Å². The van der Waals surface area contributed by atoms with Crippen molar-refractivity contribution in [1.29, 1.82) is 0 Å². The van der Waals surface area contributed by atoms with Crippen LogP contribution in [0.15, 0.2) is 54.9 Å². The molecule has 100 valence electrons. The maximum Gasteiger partial charge on any atom is 0.129 e. The quantitative estimate of drug-likeness (QED) is 0.759. The Morgan fingerprint density at radius 2 is 1.95 bits per heavy atom. The lowest BCUT2D eigenvalue weighted by molar-refractivity contribution is 0.613. The number of rotatable bonds is 3. The average Bonchev–Trinajstić information content (AvgIpc) is 2.47. The zero-order valence-corrected chi connectivity index (χ0v) is 11.4. The van der Waals surface area contributed by atoms with Gasteiger partial charge in [0.25, 0.3) is 0 Å². The SMILES string of the molecule is Fc1cccc(Cl)c1CNc1cccc2cnccc12. The minimum Gasteiger partial charge on any atom is -0.380 e. The Kier molecular flexibility index (Phi) is 3.52. The van der Waals surface area contributed by atoms with Crippen LogP contribution in [0.25, 0.3) is 10.8 Å². The summed E-state index contributed by atoms with van der Waals surface area (Å²) in [6, 6.07) is 12.5. The molecule has 1 heterocycles. The largest absolute Gasteiger partial charge is 0.380 e. The molecular formula is C16H12ClFN2. The average molecular weight is 287 g/mol. The Hall–Kier alpha value is -2.13. The highest BCUT2D eigenvalue weighted by molar-refractivity contribution is 6.31. The number of fused-ring (bicyclic) bond motifs is 1. The van der Waals surface area contributed by atoms with E-state index < -0.39 is 0 Å². The number of anilines is 1. The molecule has 1 N–H and O–H groups in total. The number of halogens is 2. The molecule has 3 rings (SSSR count). The fourth-order valence-corrected chi connectivity index (χ4v) is 2.39. The molecule has 0 fully saturated rings. The highest BCUT2D eigenvalue weighted by Crippen LogP contribution is 2.25. The van der Waals surface area contributed by atoms with E-state index >= 15 is 0 Å². The van der Waals surface area contributed by atoms with Crippen molar-refractivity contribution in [2.75, 3.05) is 5.32 Å². The molecule has 0 aliphatic heterocycles. The molecule has 0 unspecified atom stereocenters. The smallest absolute Gasteiger partial charge is 0.129 e. The van der Waals surface area contributed by atoms with Crippen LogP contribution in [0.3, 0.4) is 0 Å². The van der Waals surface area contributed by atoms with Crippen molar-refractivity contribution in [2.24, 2.45) is 0 Å². The molecule has 1 aromatic heterocycles. The van der Waals surface area contributed by atoms with Gasteiger partial charge in [0.2, 0.25) is 0 Å². The number of nitrogens with one attached hydrogen (secondary N) is 1. The summed E-state index contributed by atoms with van der Waals surface area (Å²) >= 11 is 6.02. The van der Waals surface area contributed by atoms with E-state index in [2.05, 4.69) is 10.3 Å². The molecule has 0 aliphatic rings. The molecule has 0 saturated carbocycles. The second-order valence-electron chi connectivity index (χ2n) is 4.46. The highest BCUT2D eigenvalue weighted by Gasteiger charge is 2.07. The summed E-state index contributed by atoms with van der Waals surface area (Å²) in [4.78, 5) is 4.09. The van der Waals surface area contributed by atoms with Gasteiger partial charge in [0.1, 0.15) is 5.82 Å². The van der Waals surface area contributed by atoms with Gasteiger partial charge in [-0.25, -0.2) is 4.39 Å². The third kappa shape index (κ3) is 2.45. The zero-order chi connectivity index (χ0) is 13.9. The molecule has 2 nitrogen and oxygen atoms in total. The molecule has 0 bridgehead atoms. The van der Waals surface area contributed by atoms with Gasteiger partial charge in [-0.1, -0.05) is 29.8 Å². The Morgan fingerprint density at radius 1 is 1.10 bits per heavy atom. The van der Waals surface area contributed by atoms with Crippen LogP contribution in [0.2, 0.25) is 5.02 Å². The summed E-state index contributed by atoms with van der Waals surface area (Å²) in [6.07, 6.45) is 3.54. The number of nitrogens with zero attached hydrogens (tertiary/aromatic N) is 1. The second-order valence-corrected chi connectivity index (χ2v) is 4.86. The number of aromatic nitrogens is 1. The van der Waals surface area contributed by atoms with Gasteiger partial charge in [0, 0.05) is 46.0 Å². The van der Waals surface area contributed by atoms with Gasteiger partial charge in [-0.2, -0.15) is 0 Å². The first-order chi connectivity index (χ1) is 9.75. The molecule has 2 aromatic carbocycles. The number of hydrogen-bond acceptors (Lipinski definition) is 2. The lowest BCUT2D eigenvalue weighted by Gasteiger charge is -2.11. The van der Waals surface area contributed by atoms with Crippen LogP contribution in [0.1, 0.15) is 5.56 Å². The van der Waals surface area contributed by atoms with Crippen LogP contribution in [0, 0.1) is 5.82 Å². The van der Waals surface area contributed by atoms with E-state index in [1.54, 1.807) is 24.5 Å². The minimum atomic E-state index is -0.299. The van der Waals surface area contributed by atoms with E-state index in [0.717, 1.165) is 16.5 Å². The van der Waals surface area contributed by atoms with Gasteiger partial charge in [-0.3, -0.25) is 4.98 Å². The third-order valence-corrected chi connectivity index (χ3v) is 3.55. The van der Waals surface area contributed by atoms with Gasteiger partial charge in [-0.05, 0) is 24.3 Å². The van der Waals surface area contributed by atoms with Gasteiger partial charge in [0.05, 0.1) is 0 Å². The molecule has 0 aliphatic carbocycles. The molecule has 0 atom stereocenters. The minimum absolute atomic E-state index is 0.299. The summed E-state index contributed by atoms with van der Waals surface area (Å²) in [5, 5.41) is 5.75. The first-order valence-electron chi connectivity index (χ1n) is 6.25. The van der Waals surface area contributed by atoms with Crippen LogP contribution in [0.5, 0.6) is 0 Å².